The lowest BCUT2D eigenvalue weighted by atomic mass is 10.0. The topological polar surface area (TPSA) is 55.8 Å². The number of aromatic carboxylic acids is 1. The summed E-state index contributed by atoms with van der Waals surface area (Å²) in [4.78, 5) is 11.1. The molecule has 0 aliphatic carbocycles. The molecule has 2 rings (SSSR count). The summed E-state index contributed by atoms with van der Waals surface area (Å²) < 4.78 is 10.7. The van der Waals surface area contributed by atoms with E-state index in [4.69, 9.17) is 14.6 Å². The molecule has 0 aliphatic heterocycles. The average Bonchev–Trinajstić information content (AvgIpc) is 2.47. The quantitative estimate of drug-likeness (QED) is 0.905. The molecule has 0 radical (unpaired) electrons. The first-order chi connectivity index (χ1) is 9.65. The molecule has 0 aliphatic rings. The third-order valence-corrected chi connectivity index (χ3v) is 2.92. The van der Waals surface area contributed by atoms with Gasteiger partial charge in [0.15, 0.2) is 0 Å². The molecule has 0 aromatic heterocycles. The van der Waals surface area contributed by atoms with Crippen LogP contribution in [-0.2, 0) is 0 Å². The van der Waals surface area contributed by atoms with Gasteiger partial charge in [-0.25, -0.2) is 4.79 Å². The van der Waals surface area contributed by atoms with Crippen LogP contribution in [0.5, 0.6) is 11.5 Å². The van der Waals surface area contributed by atoms with Crippen LogP contribution in [0.2, 0.25) is 0 Å². The van der Waals surface area contributed by atoms with E-state index in [1.165, 1.54) is 6.07 Å². The molecular weight excluding hydrogens is 256 g/mol. The fourth-order valence-electron chi connectivity index (χ4n) is 1.96. The first kappa shape index (κ1) is 13.9. The minimum absolute atomic E-state index is 0.231. The van der Waals surface area contributed by atoms with Crippen molar-refractivity contribution in [2.75, 3.05) is 13.7 Å². The van der Waals surface area contributed by atoms with Crippen LogP contribution in [0.1, 0.15) is 17.3 Å². The maximum atomic E-state index is 11.1. The summed E-state index contributed by atoms with van der Waals surface area (Å²) in [5.74, 6) is 0.462. The SMILES string of the molecule is CCOc1ccc(-c2cc(C(=O)O)ccc2OC)cc1. The lowest BCUT2D eigenvalue weighted by Gasteiger charge is -2.10. The number of methoxy groups -OCH3 is 1. The molecule has 4 heteroatoms. The van der Waals surface area contributed by atoms with Crippen LogP contribution < -0.4 is 9.47 Å². The molecule has 0 saturated heterocycles. The summed E-state index contributed by atoms with van der Waals surface area (Å²) in [6.45, 7) is 2.53. The summed E-state index contributed by atoms with van der Waals surface area (Å²) in [5, 5.41) is 9.07. The summed E-state index contributed by atoms with van der Waals surface area (Å²) in [6.07, 6.45) is 0. The Morgan fingerprint density at radius 2 is 1.85 bits per heavy atom. The summed E-state index contributed by atoms with van der Waals surface area (Å²) >= 11 is 0. The molecule has 2 aromatic rings. The normalized spacial score (nSPS) is 10.1. The molecule has 0 unspecified atom stereocenters. The van der Waals surface area contributed by atoms with Gasteiger partial charge in [-0.2, -0.15) is 0 Å². The second-order valence-electron chi connectivity index (χ2n) is 4.18. The molecule has 0 atom stereocenters. The van der Waals surface area contributed by atoms with Crippen molar-refractivity contribution in [1.29, 1.82) is 0 Å². The monoisotopic (exact) mass is 272 g/mol. The molecule has 0 fully saturated rings. The number of rotatable bonds is 5. The Bertz CT molecular complexity index is 602. The van der Waals surface area contributed by atoms with Gasteiger partial charge in [0.2, 0.25) is 0 Å². The van der Waals surface area contributed by atoms with Crippen LogP contribution in [0.4, 0.5) is 0 Å². The fraction of sp³-hybridized carbons (Fsp3) is 0.188. The molecule has 20 heavy (non-hydrogen) atoms. The van der Waals surface area contributed by atoms with E-state index in [1.54, 1.807) is 19.2 Å². The number of hydrogen-bond donors (Lipinski definition) is 1. The van der Waals surface area contributed by atoms with Crippen molar-refractivity contribution in [1.82, 2.24) is 0 Å². The molecule has 104 valence electrons. The van der Waals surface area contributed by atoms with Crippen molar-refractivity contribution in [2.24, 2.45) is 0 Å². The van der Waals surface area contributed by atoms with Crippen LogP contribution in [-0.4, -0.2) is 24.8 Å². The van der Waals surface area contributed by atoms with Crippen molar-refractivity contribution < 1.29 is 19.4 Å². The number of carbonyl (C=O) groups is 1. The van der Waals surface area contributed by atoms with Gasteiger partial charge in [-0.3, -0.25) is 0 Å². The summed E-state index contributed by atoms with van der Waals surface area (Å²) in [5.41, 5.74) is 1.86. The van der Waals surface area contributed by atoms with E-state index in [9.17, 15) is 4.79 Å². The van der Waals surface area contributed by atoms with Crippen LogP contribution >= 0.6 is 0 Å². The van der Waals surface area contributed by atoms with Crippen molar-refractivity contribution in [3.63, 3.8) is 0 Å². The molecule has 0 amide bonds. The zero-order valence-electron chi connectivity index (χ0n) is 11.4. The molecule has 0 heterocycles. The second-order valence-corrected chi connectivity index (χ2v) is 4.18. The predicted octanol–water partition coefficient (Wildman–Crippen LogP) is 3.46. The van der Waals surface area contributed by atoms with Gasteiger partial charge in [0.1, 0.15) is 11.5 Å². The van der Waals surface area contributed by atoms with Gasteiger partial charge in [-0.05, 0) is 42.8 Å². The van der Waals surface area contributed by atoms with Crippen LogP contribution in [0.15, 0.2) is 42.5 Å². The number of benzene rings is 2. The standard InChI is InChI=1S/C16H16O4/c1-3-20-13-7-4-11(5-8-13)14-10-12(16(17)18)6-9-15(14)19-2/h4-10H,3H2,1-2H3,(H,17,18). The number of hydrogen-bond acceptors (Lipinski definition) is 3. The van der Waals surface area contributed by atoms with E-state index in [1.807, 2.05) is 31.2 Å². The molecule has 4 nitrogen and oxygen atoms in total. The smallest absolute Gasteiger partial charge is 0.335 e. The minimum atomic E-state index is -0.958. The van der Waals surface area contributed by atoms with E-state index in [0.717, 1.165) is 16.9 Å². The second kappa shape index (κ2) is 6.10. The van der Waals surface area contributed by atoms with Crippen molar-refractivity contribution in [3.8, 4) is 22.6 Å². The maximum Gasteiger partial charge on any atom is 0.335 e. The molecule has 0 spiro atoms. The van der Waals surface area contributed by atoms with Crippen molar-refractivity contribution >= 4 is 5.97 Å². The van der Waals surface area contributed by atoms with Crippen LogP contribution in [0, 0.1) is 0 Å². The maximum absolute atomic E-state index is 11.1. The molecule has 2 aromatic carbocycles. The van der Waals surface area contributed by atoms with Gasteiger partial charge in [-0.15, -0.1) is 0 Å². The lowest BCUT2D eigenvalue weighted by Crippen LogP contribution is -1.98. The Morgan fingerprint density at radius 1 is 1.15 bits per heavy atom. The minimum Gasteiger partial charge on any atom is -0.496 e. The first-order valence-corrected chi connectivity index (χ1v) is 6.30. The molecule has 0 saturated carbocycles. The van der Waals surface area contributed by atoms with Crippen molar-refractivity contribution in [3.05, 3.63) is 48.0 Å². The van der Waals surface area contributed by atoms with Crippen LogP contribution in [0.3, 0.4) is 0 Å². The number of carboxylic acid groups (broad SMARTS) is 1. The van der Waals surface area contributed by atoms with Crippen molar-refractivity contribution in [2.45, 2.75) is 6.92 Å². The highest BCUT2D eigenvalue weighted by Gasteiger charge is 2.10. The van der Waals surface area contributed by atoms with Crippen LogP contribution in [0.25, 0.3) is 11.1 Å². The Balaban J connectivity index is 2.43. The average molecular weight is 272 g/mol. The summed E-state index contributed by atoms with van der Waals surface area (Å²) in [7, 11) is 1.56. The third-order valence-electron chi connectivity index (χ3n) is 2.92. The lowest BCUT2D eigenvalue weighted by molar-refractivity contribution is 0.0697. The zero-order chi connectivity index (χ0) is 14.5. The van der Waals surface area contributed by atoms with E-state index >= 15 is 0 Å². The fourth-order valence-corrected chi connectivity index (χ4v) is 1.96. The van der Waals surface area contributed by atoms with Gasteiger partial charge < -0.3 is 14.6 Å². The van der Waals surface area contributed by atoms with E-state index in [2.05, 4.69) is 0 Å². The van der Waals surface area contributed by atoms with Gasteiger partial charge in [-0.1, -0.05) is 12.1 Å². The third kappa shape index (κ3) is 2.91. The van der Waals surface area contributed by atoms with Gasteiger partial charge in [0, 0.05) is 5.56 Å². The molecule has 1 N–H and O–H groups in total. The Morgan fingerprint density at radius 3 is 2.40 bits per heavy atom. The molecular formula is C16H16O4. The number of carboxylic acids is 1. The van der Waals surface area contributed by atoms with Gasteiger partial charge >= 0.3 is 5.97 Å². The predicted molar refractivity (Wildman–Crippen MR) is 76.6 cm³/mol. The Kier molecular flexibility index (Phi) is 4.25. The highest BCUT2D eigenvalue weighted by molar-refractivity contribution is 5.90. The van der Waals surface area contributed by atoms with Gasteiger partial charge in [0.05, 0.1) is 19.3 Å². The van der Waals surface area contributed by atoms with Gasteiger partial charge in [0.25, 0.3) is 0 Å². The van der Waals surface area contributed by atoms with E-state index in [-0.39, 0.29) is 5.56 Å². The highest BCUT2D eigenvalue weighted by atomic mass is 16.5. The summed E-state index contributed by atoms with van der Waals surface area (Å²) in [6, 6.07) is 12.3. The molecule has 0 bridgehead atoms. The first-order valence-electron chi connectivity index (χ1n) is 6.30. The van der Waals surface area contributed by atoms with E-state index < -0.39 is 5.97 Å². The number of ether oxygens (including phenoxy) is 2. The van der Waals surface area contributed by atoms with E-state index in [0.29, 0.717) is 12.4 Å². The zero-order valence-corrected chi connectivity index (χ0v) is 11.4. The Labute approximate surface area is 117 Å². The largest absolute Gasteiger partial charge is 0.496 e. The Hall–Kier alpha value is -2.49. The highest BCUT2D eigenvalue weighted by Crippen LogP contribution is 2.32.